The molecule has 1 aliphatic heterocycles. The van der Waals surface area contributed by atoms with E-state index in [0.717, 1.165) is 4.90 Å². The van der Waals surface area contributed by atoms with Gasteiger partial charge in [-0.1, -0.05) is 12.1 Å². The monoisotopic (exact) mass is 306 g/mol. The summed E-state index contributed by atoms with van der Waals surface area (Å²) in [6, 6.07) is 5.62. The lowest BCUT2D eigenvalue weighted by Gasteiger charge is -2.35. The minimum absolute atomic E-state index is 0.0684. The molecule has 2 aliphatic rings. The fourth-order valence-electron chi connectivity index (χ4n) is 3.13. The van der Waals surface area contributed by atoms with E-state index in [4.69, 9.17) is 10.5 Å². The third-order valence-corrected chi connectivity index (χ3v) is 4.13. The maximum Gasteiger partial charge on any atom is 0.404 e. The molecule has 1 saturated carbocycles. The van der Waals surface area contributed by atoms with Crippen molar-refractivity contribution in [2.75, 3.05) is 0 Å². The SMILES string of the molecule is NC(=O)O[C@@H]1CC[C@@H](N2C(=O)c3ccccc3C2=O)[C@@H](F)C1. The zero-order valence-electron chi connectivity index (χ0n) is 11.7. The molecule has 1 aliphatic carbocycles. The number of hydrogen-bond acceptors (Lipinski definition) is 4. The third kappa shape index (κ3) is 2.32. The van der Waals surface area contributed by atoms with Crippen LogP contribution in [-0.4, -0.2) is 41.1 Å². The van der Waals surface area contributed by atoms with Gasteiger partial charge in [-0.05, 0) is 25.0 Å². The summed E-state index contributed by atoms with van der Waals surface area (Å²) in [6.45, 7) is 0. The van der Waals surface area contributed by atoms with Gasteiger partial charge in [0, 0.05) is 6.42 Å². The fourth-order valence-corrected chi connectivity index (χ4v) is 3.13. The maximum absolute atomic E-state index is 14.4. The second kappa shape index (κ2) is 5.40. The van der Waals surface area contributed by atoms with Crippen LogP contribution < -0.4 is 5.73 Å². The molecule has 0 bridgehead atoms. The van der Waals surface area contributed by atoms with E-state index in [1.54, 1.807) is 24.3 Å². The van der Waals surface area contributed by atoms with Gasteiger partial charge in [0.1, 0.15) is 12.3 Å². The van der Waals surface area contributed by atoms with Crippen LogP contribution in [0.2, 0.25) is 0 Å². The molecule has 7 heteroatoms. The number of amides is 3. The molecule has 6 nitrogen and oxygen atoms in total. The third-order valence-electron chi connectivity index (χ3n) is 4.13. The second-order valence-corrected chi connectivity index (χ2v) is 5.48. The predicted molar refractivity (Wildman–Crippen MR) is 73.9 cm³/mol. The van der Waals surface area contributed by atoms with E-state index in [2.05, 4.69) is 0 Å². The molecule has 2 N–H and O–H groups in total. The van der Waals surface area contributed by atoms with Crippen molar-refractivity contribution >= 4 is 17.9 Å². The van der Waals surface area contributed by atoms with Gasteiger partial charge >= 0.3 is 6.09 Å². The van der Waals surface area contributed by atoms with Crippen LogP contribution in [0.4, 0.5) is 9.18 Å². The normalized spacial score (nSPS) is 27.7. The standard InChI is InChI=1S/C15H15FN2O4/c16-11-7-8(22-15(17)21)5-6-12(11)18-13(19)9-3-1-2-4-10(9)14(18)20/h1-4,8,11-12H,5-7H2,(H2,17,21)/t8-,11+,12-/m1/s1. The largest absolute Gasteiger partial charge is 0.446 e. The smallest absolute Gasteiger partial charge is 0.404 e. The number of nitrogens with two attached hydrogens (primary N) is 1. The minimum Gasteiger partial charge on any atom is -0.446 e. The summed E-state index contributed by atoms with van der Waals surface area (Å²) in [5.74, 6) is -0.940. The highest BCUT2D eigenvalue weighted by Crippen LogP contribution is 2.33. The average molecular weight is 306 g/mol. The molecule has 3 amide bonds. The van der Waals surface area contributed by atoms with Crippen molar-refractivity contribution in [1.29, 1.82) is 0 Å². The van der Waals surface area contributed by atoms with Gasteiger partial charge in [-0.15, -0.1) is 0 Å². The quantitative estimate of drug-likeness (QED) is 0.841. The summed E-state index contributed by atoms with van der Waals surface area (Å²) in [4.78, 5) is 36.4. The number of primary amides is 1. The van der Waals surface area contributed by atoms with Crippen LogP contribution in [0.5, 0.6) is 0 Å². The second-order valence-electron chi connectivity index (χ2n) is 5.48. The number of carbonyl (C=O) groups is 3. The topological polar surface area (TPSA) is 89.7 Å². The number of benzene rings is 1. The van der Waals surface area contributed by atoms with Crippen molar-refractivity contribution in [3.05, 3.63) is 35.4 Å². The Morgan fingerprint density at radius 1 is 1.18 bits per heavy atom. The number of nitrogens with zero attached hydrogens (tertiary/aromatic N) is 1. The maximum atomic E-state index is 14.4. The average Bonchev–Trinajstić information content (AvgIpc) is 2.72. The van der Waals surface area contributed by atoms with Crippen LogP contribution in [0.15, 0.2) is 24.3 Å². The van der Waals surface area contributed by atoms with Crippen molar-refractivity contribution < 1.29 is 23.5 Å². The van der Waals surface area contributed by atoms with Gasteiger partial charge in [0.05, 0.1) is 17.2 Å². The van der Waals surface area contributed by atoms with Crippen LogP contribution in [0.3, 0.4) is 0 Å². The molecule has 1 aromatic carbocycles. The Kier molecular flexibility index (Phi) is 3.56. The molecule has 0 radical (unpaired) electrons. The van der Waals surface area contributed by atoms with Crippen molar-refractivity contribution in [3.8, 4) is 0 Å². The molecule has 22 heavy (non-hydrogen) atoms. The lowest BCUT2D eigenvalue weighted by Crippen LogP contribution is -2.49. The van der Waals surface area contributed by atoms with Crippen molar-refractivity contribution in [1.82, 2.24) is 4.90 Å². The first-order valence-electron chi connectivity index (χ1n) is 7.06. The van der Waals surface area contributed by atoms with Crippen molar-refractivity contribution in [2.45, 2.75) is 37.6 Å². The molecule has 0 aromatic heterocycles. The number of fused-ring (bicyclic) bond motifs is 1. The summed E-state index contributed by atoms with van der Waals surface area (Å²) in [6.07, 6.45) is -2.47. The Morgan fingerprint density at radius 2 is 1.77 bits per heavy atom. The number of ether oxygens (including phenoxy) is 1. The Bertz CT molecular complexity index is 613. The van der Waals surface area contributed by atoms with E-state index in [0.29, 0.717) is 17.5 Å². The molecular formula is C15H15FN2O4. The molecular weight excluding hydrogens is 291 g/mol. The molecule has 1 fully saturated rings. The molecule has 3 rings (SSSR count). The van der Waals surface area contributed by atoms with Gasteiger partial charge in [0.25, 0.3) is 11.8 Å². The first-order valence-corrected chi connectivity index (χ1v) is 7.06. The minimum atomic E-state index is -1.44. The highest BCUT2D eigenvalue weighted by Gasteiger charge is 2.45. The van der Waals surface area contributed by atoms with Gasteiger partial charge in [-0.25, -0.2) is 9.18 Å². The lowest BCUT2D eigenvalue weighted by molar-refractivity contribution is 0.00975. The summed E-state index contributed by atoms with van der Waals surface area (Å²) in [5, 5.41) is 0. The van der Waals surface area contributed by atoms with Crippen molar-refractivity contribution in [2.24, 2.45) is 5.73 Å². The molecule has 0 saturated heterocycles. The zero-order chi connectivity index (χ0) is 15.9. The highest BCUT2D eigenvalue weighted by atomic mass is 19.1. The highest BCUT2D eigenvalue weighted by molar-refractivity contribution is 6.21. The number of imide groups is 1. The van der Waals surface area contributed by atoms with E-state index in [9.17, 15) is 18.8 Å². The first-order chi connectivity index (χ1) is 10.5. The summed E-state index contributed by atoms with van der Waals surface area (Å²) in [7, 11) is 0. The number of rotatable bonds is 2. The first kappa shape index (κ1) is 14.5. The number of carbonyl (C=O) groups excluding carboxylic acids is 3. The Hall–Kier alpha value is -2.44. The van der Waals surface area contributed by atoms with Gasteiger partial charge in [0.2, 0.25) is 0 Å². The number of hydrogen-bond donors (Lipinski definition) is 1. The van der Waals surface area contributed by atoms with Crippen LogP contribution in [-0.2, 0) is 4.74 Å². The van der Waals surface area contributed by atoms with E-state index >= 15 is 0 Å². The number of halogens is 1. The number of alkyl halides is 1. The lowest BCUT2D eigenvalue weighted by atomic mass is 9.90. The zero-order valence-corrected chi connectivity index (χ0v) is 11.7. The fraction of sp³-hybridized carbons (Fsp3) is 0.400. The molecule has 1 aromatic rings. The van der Waals surface area contributed by atoms with Crippen LogP contribution >= 0.6 is 0 Å². The Morgan fingerprint density at radius 3 is 2.27 bits per heavy atom. The van der Waals surface area contributed by atoms with Crippen LogP contribution in [0, 0.1) is 0 Å². The van der Waals surface area contributed by atoms with E-state index in [1.807, 2.05) is 0 Å². The van der Waals surface area contributed by atoms with Gasteiger partial charge < -0.3 is 10.5 Å². The van der Waals surface area contributed by atoms with Gasteiger partial charge in [-0.3, -0.25) is 14.5 Å². The summed E-state index contributed by atoms with van der Waals surface area (Å²) in [5.41, 5.74) is 5.53. The van der Waals surface area contributed by atoms with Gasteiger partial charge in [0.15, 0.2) is 0 Å². The molecule has 1 heterocycles. The van der Waals surface area contributed by atoms with E-state index in [1.165, 1.54) is 0 Å². The molecule has 0 unspecified atom stereocenters. The summed E-state index contributed by atoms with van der Waals surface area (Å²) >= 11 is 0. The Balaban J connectivity index is 1.78. The molecule has 0 spiro atoms. The Labute approximate surface area is 126 Å². The van der Waals surface area contributed by atoms with Crippen molar-refractivity contribution in [3.63, 3.8) is 0 Å². The molecule has 116 valence electrons. The molecule has 3 atom stereocenters. The summed E-state index contributed by atoms with van der Waals surface area (Å²) < 4.78 is 19.2. The predicted octanol–water partition coefficient (Wildman–Crippen LogP) is 1.64. The van der Waals surface area contributed by atoms with Crippen LogP contribution in [0.25, 0.3) is 0 Å². The van der Waals surface area contributed by atoms with Gasteiger partial charge in [-0.2, -0.15) is 0 Å². The van der Waals surface area contributed by atoms with E-state index < -0.39 is 36.2 Å². The van der Waals surface area contributed by atoms with E-state index in [-0.39, 0.29) is 12.8 Å². The van der Waals surface area contributed by atoms with Crippen LogP contribution in [0.1, 0.15) is 40.0 Å².